The van der Waals surface area contributed by atoms with Crippen molar-refractivity contribution >= 4 is 11.0 Å². The van der Waals surface area contributed by atoms with E-state index in [4.69, 9.17) is 0 Å². The maximum atomic E-state index is 4.50. The van der Waals surface area contributed by atoms with Gasteiger partial charge in [0.05, 0.1) is 5.69 Å². The van der Waals surface area contributed by atoms with Crippen LogP contribution in [0.3, 0.4) is 0 Å². The molecule has 3 rings (SSSR count). The molecular formula is C16H19N5. The molecule has 5 heteroatoms. The molecule has 0 saturated carbocycles. The predicted octanol–water partition coefficient (Wildman–Crippen LogP) is 2.52. The number of hydrogen-bond acceptors (Lipinski definition) is 4. The first-order chi connectivity index (χ1) is 10.1. The van der Waals surface area contributed by atoms with Crippen LogP contribution in [0, 0.1) is 6.92 Å². The summed E-state index contributed by atoms with van der Waals surface area (Å²) in [6.45, 7) is 4.94. The Bertz CT molecular complexity index is 748. The Hall–Kier alpha value is -2.27. The number of aromatic nitrogens is 4. The van der Waals surface area contributed by atoms with Crippen LogP contribution in [0.5, 0.6) is 0 Å². The Labute approximate surface area is 124 Å². The first-order valence-corrected chi connectivity index (χ1v) is 7.06. The molecule has 0 amide bonds. The second-order valence-electron chi connectivity index (χ2n) is 5.31. The summed E-state index contributed by atoms with van der Waals surface area (Å²) in [5, 5.41) is 9.03. The molecule has 0 saturated heterocycles. The lowest BCUT2D eigenvalue weighted by Gasteiger charge is -2.13. The van der Waals surface area contributed by atoms with Gasteiger partial charge in [-0.2, -0.15) is 5.10 Å². The molecule has 0 radical (unpaired) electrons. The van der Waals surface area contributed by atoms with E-state index < -0.39 is 0 Å². The minimum Gasteiger partial charge on any atom is -0.306 e. The fourth-order valence-corrected chi connectivity index (χ4v) is 2.49. The van der Waals surface area contributed by atoms with Crippen molar-refractivity contribution in [2.75, 3.05) is 0 Å². The summed E-state index contributed by atoms with van der Waals surface area (Å²) < 4.78 is 1.82. The summed E-state index contributed by atoms with van der Waals surface area (Å²) in [4.78, 5) is 8.55. The third-order valence-electron chi connectivity index (χ3n) is 3.74. The summed E-state index contributed by atoms with van der Waals surface area (Å²) in [6, 6.07) is 6.50. The van der Waals surface area contributed by atoms with Gasteiger partial charge in [-0.1, -0.05) is 0 Å². The Morgan fingerprint density at radius 2 is 2.05 bits per heavy atom. The van der Waals surface area contributed by atoms with E-state index in [0.29, 0.717) is 0 Å². The minimum atomic E-state index is 0.277. The monoisotopic (exact) mass is 281 g/mol. The Balaban J connectivity index is 1.75. The third kappa shape index (κ3) is 2.78. The SMILES string of the molecule is Cc1nn(C)c2ncc(CN[C@H](C)c3ccncc3)cc12. The number of fused-ring (bicyclic) bond motifs is 1. The van der Waals surface area contributed by atoms with Gasteiger partial charge in [-0.15, -0.1) is 0 Å². The molecule has 0 aliphatic carbocycles. The zero-order chi connectivity index (χ0) is 14.8. The maximum Gasteiger partial charge on any atom is 0.157 e. The molecule has 3 aromatic rings. The molecule has 5 nitrogen and oxygen atoms in total. The van der Waals surface area contributed by atoms with Gasteiger partial charge in [-0.25, -0.2) is 4.98 Å². The van der Waals surface area contributed by atoms with E-state index in [2.05, 4.69) is 33.4 Å². The molecule has 3 aromatic heterocycles. The molecule has 0 aliphatic heterocycles. The lowest BCUT2D eigenvalue weighted by atomic mass is 10.1. The quantitative estimate of drug-likeness (QED) is 0.798. The van der Waals surface area contributed by atoms with Crippen LogP contribution in [0.25, 0.3) is 11.0 Å². The highest BCUT2D eigenvalue weighted by molar-refractivity contribution is 5.78. The lowest BCUT2D eigenvalue weighted by molar-refractivity contribution is 0.573. The van der Waals surface area contributed by atoms with E-state index in [1.807, 2.05) is 49.4 Å². The second kappa shape index (κ2) is 5.61. The molecule has 0 aromatic carbocycles. The van der Waals surface area contributed by atoms with E-state index in [1.54, 1.807) is 0 Å². The summed E-state index contributed by atoms with van der Waals surface area (Å²) in [7, 11) is 1.92. The van der Waals surface area contributed by atoms with Crippen LogP contribution in [-0.4, -0.2) is 19.7 Å². The topological polar surface area (TPSA) is 55.6 Å². The first kappa shape index (κ1) is 13.7. The summed E-state index contributed by atoms with van der Waals surface area (Å²) >= 11 is 0. The summed E-state index contributed by atoms with van der Waals surface area (Å²) in [6.07, 6.45) is 5.55. The number of pyridine rings is 2. The van der Waals surface area contributed by atoms with Gasteiger partial charge >= 0.3 is 0 Å². The highest BCUT2D eigenvalue weighted by atomic mass is 15.3. The van der Waals surface area contributed by atoms with Crippen LogP contribution < -0.4 is 5.32 Å². The Morgan fingerprint density at radius 1 is 1.29 bits per heavy atom. The number of nitrogens with one attached hydrogen (secondary N) is 1. The number of nitrogens with zero attached hydrogens (tertiary/aromatic N) is 4. The zero-order valence-corrected chi connectivity index (χ0v) is 12.5. The average Bonchev–Trinajstić information content (AvgIpc) is 2.80. The fourth-order valence-electron chi connectivity index (χ4n) is 2.49. The van der Waals surface area contributed by atoms with Gasteiger partial charge in [-0.3, -0.25) is 9.67 Å². The van der Waals surface area contributed by atoms with Crippen molar-refractivity contribution in [2.24, 2.45) is 7.05 Å². The molecule has 1 N–H and O–H groups in total. The molecule has 0 aliphatic rings. The smallest absolute Gasteiger partial charge is 0.157 e. The molecule has 0 bridgehead atoms. The van der Waals surface area contributed by atoms with Gasteiger partial charge < -0.3 is 5.32 Å². The summed E-state index contributed by atoms with van der Waals surface area (Å²) in [5.41, 5.74) is 4.35. The van der Waals surface area contributed by atoms with E-state index in [9.17, 15) is 0 Å². The average molecular weight is 281 g/mol. The van der Waals surface area contributed by atoms with Gasteiger partial charge in [-0.05, 0) is 43.2 Å². The number of hydrogen-bond donors (Lipinski definition) is 1. The molecule has 0 spiro atoms. The molecule has 3 heterocycles. The summed E-state index contributed by atoms with van der Waals surface area (Å²) in [5.74, 6) is 0. The van der Waals surface area contributed by atoms with Crippen molar-refractivity contribution in [1.82, 2.24) is 25.1 Å². The van der Waals surface area contributed by atoms with Crippen molar-refractivity contribution in [3.05, 3.63) is 53.6 Å². The molecule has 0 unspecified atom stereocenters. The van der Waals surface area contributed by atoms with Crippen molar-refractivity contribution < 1.29 is 0 Å². The molecule has 0 fully saturated rings. The van der Waals surface area contributed by atoms with Gasteiger partial charge in [0.25, 0.3) is 0 Å². The number of aryl methyl sites for hydroxylation is 2. The molecule has 21 heavy (non-hydrogen) atoms. The van der Waals surface area contributed by atoms with Crippen molar-refractivity contribution in [1.29, 1.82) is 0 Å². The number of rotatable bonds is 4. The highest BCUT2D eigenvalue weighted by Crippen LogP contribution is 2.17. The van der Waals surface area contributed by atoms with Gasteiger partial charge in [0, 0.05) is 43.6 Å². The second-order valence-corrected chi connectivity index (χ2v) is 5.31. The van der Waals surface area contributed by atoms with E-state index in [1.165, 1.54) is 11.1 Å². The largest absolute Gasteiger partial charge is 0.306 e. The lowest BCUT2D eigenvalue weighted by Crippen LogP contribution is -2.18. The highest BCUT2D eigenvalue weighted by Gasteiger charge is 2.08. The zero-order valence-electron chi connectivity index (χ0n) is 12.5. The van der Waals surface area contributed by atoms with E-state index in [-0.39, 0.29) is 6.04 Å². The standard InChI is InChI=1S/C16H19N5/c1-11(14-4-6-17-7-5-14)18-9-13-8-15-12(2)20-21(3)16(15)19-10-13/h4-8,10-11,18H,9H2,1-3H3/t11-/m1/s1. The maximum absolute atomic E-state index is 4.50. The third-order valence-corrected chi connectivity index (χ3v) is 3.74. The first-order valence-electron chi connectivity index (χ1n) is 7.06. The molecule has 1 atom stereocenters. The van der Waals surface area contributed by atoms with Crippen molar-refractivity contribution in [2.45, 2.75) is 26.4 Å². The van der Waals surface area contributed by atoms with Crippen LogP contribution in [0.2, 0.25) is 0 Å². The Morgan fingerprint density at radius 3 is 2.81 bits per heavy atom. The van der Waals surface area contributed by atoms with Crippen LogP contribution in [0.4, 0.5) is 0 Å². The van der Waals surface area contributed by atoms with Crippen LogP contribution in [0.1, 0.15) is 29.8 Å². The molecule has 108 valence electrons. The minimum absolute atomic E-state index is 0.277. The van der Waals surface area contributed by atoms with E-state index >= 15 is 0 Å². The normalized spacial score (nSPS) is 12.7. The van der Waals surface area contributed by atoms with Crippen LogP contribution in [0.15, 0.2) is 36.8 Å². The van der Waals surface area contributed by atoms with E-state index in [0.717, 1.165) is 23.3 Å². The Kier molecular flexibility index (Phi) is 3.66. The van der Waals surface area contributed by atoms with Gasteiger partial charge in [0.2, 0.25) is 0 Å². The van der Waals surface area contributed by atoms with Crippen LogP contribution in [-0.2, 0) is 13.6 Å². The molecular weight excluding hydrogens is 262 g/mol. The van der Waals surface area contributed by atoms with Gasteiger partial charge in [0.1, 0.15) is 0 Å². The van der Waals surface area contributed by atoms with Crippen molar-refractivity contribution in [3.63, 3.8) is 0 Å². The predicted molar refractivity (Wildman–Crippen MR) is 82.7 cm³/mol. The van der Waals surface area contributed by atoms with Gasteiger partial charge in [0.15, 0.2) is 5.65 Å². The van der Waals surface area contributed by atoms with Crippen molar-refractivity contribution in [3.8, 4) is 0 Å². The fraction of sp³-hybridized carbons (Fsp3) is 0.312. The van der Waals surface area contributed by atoms with Crippen LogP contribution >= 0.6 is 0 Å².